The highest BCUT2D eigenvalue weighted by atomic mass is 79.9. The predicted octanol–water partition coefficient (Wildman–Crippen LogP) is -0.800. The summed E-state index contributed by atoms with van der Waals surface area (Å²) < 4.78 is 13.4. The lowest BCUT2D eigenvalue weighted by atomic mass is 10.8. The monoisotopic (exact) mass is 232 g/mol. The standard InChI is InChI=1S/C2H2Br2O3/c3-1-2(5)7-4-6/h1H2. The lowest BCUT2D eigenvalue weighted by Crippen LogP contribution is -2.11. The molecule has 0 unspecified atom stereocenters. The van der Waals surface area contributed by atoms with Gasteiger partial charge >= 0.3 is 21.5 Å². The van der Waals surface area contributed by atoms with E-state index in [4.69, 9.17) is 0 Å². The second kappa shape index (κ2) is 4.55. The van der Waals surface area contributed by atoms with Crippen molar-refractivity contribution < 1.29 is 28.4 Å². The van der Waals surface area contributed by atoms with Crippen LogP contribution in [0.1, 0.15) is 0 Å². The molecule has 0 aliphatic rings. The highest BCUT2D eigenvalue weighted by Gasteiger charge is 2.03. The fourth-order valence-corrected chi connectivity index (χ4v) is 0.739. The molecule has 7 heavy (non-hydrogen) atoms. The number of halogens is 2. The molecule has 0 aliphatic carbocycles. The van der Waals surface area contributed by atoms with Gasteiger partial charge < -0.3 is 4.20 Å². The topological polar surface area (TPSA) is 49.4 Å². The van der Waals surface area contributed by atoms with E-state index in [2.05, 4.69) is 19.8 Å². The molecule has 0 spiro atoms. The molecule has 0 rings (SSSR count). The Labute approximate surface area is 55.9 Å². The van der Waals surface area contributed by atoms with E-state index >= 15 is 0 Å². The number of hydrogen-bond acceptors (Lipinski definition) is 3. The Morgan fingerprint density at radius 3 is 2.71 bits per heavy atom. The van der Waals surface area contributed by atoms with Gasteiger partial charge in [-0.1, -0.05) is 15.9 Å². The molecular formula is C2H2Br2O3. The molecule has 0 saturated heterocycles. The van der Waals surface area contributed by atoms with Crippen LogP contribution in [0, 0.1) is 15.5 Å². The molecule has 42 valence electrons. The molecule has 3 nitrogen and oxygen atoms in total. The van der Waals surface area contributed by atoms with Crippen LogP contribution in [0.5, 0.6) is 0 Å². The first kappa shape index (κ1) is 7.39. The van der Waals surface area contributed by atoms with Crippen LogP contribution in [0.25, 0.3) is 0 Å². The fourth-order valence-electron chi connectivity index (χ4n) is 0.0558. The third kappa shape index (κ3) is 4.24. The quantitative estimate of drug-likeness (QED) is 0.587. The Morgan fingerprint density at radius 1 is 2.00 bits per heavy atom. The Hall–Kier alpha value is 0.390. The van der Waals surface area contributed by atoms with Gasteiger partial charge in [0, 0.05) is 0 Å². The van der Waals surface area contributed by atoms with Crippen LogP contribution in [-0.4, -0.2) is 11.3 Å². The smallest absolute Gasteiger partial charge is 0.484 e. The van der Waals surface area contributed by atoms with Crippen LogP contribution >= 0.6 is 15.9 Å². The summed E-state index contributed by atoms with van der Waals surface area (Å²) in [7, 11) is 0. The van der Waals surface area contributed by atoms with Crippen molar-refractivity contribution in [2.75, 3.05) is 5.33 Å². The third-order valence-corrected chi connectivity index (χ3v) is 1.18. The minimum absolute atomic E-state index is 0.100. The van der Waals surface area contributed by atoms with Crippen molar-refractivity contribution in [1.82, 2.24) is 0 Å². The van der Waals surface area contributed by atoms with Gasteiger partial charge in [0.2, 0.25) is 0 Å². The van der Waals surface area contributed by atoms with Crippen molar-refractivity contribution in [1.29, 1.82) is 0 Å². The minimum atomic E-state index is -1.01. The first-order valence-corrected chi connectivity index (χ1v) is 3.75. The van der Waals surface area contributed by atoms with E-state index in [-0.39, 0.29) is 5.33 Å². The van der Waals surface area contributed by atoms with Crippen LogP contribution < -0.4 is 4.20 Å². The van der Waals surface area contributed by atoms with Crippen LogP contribution in [0.2, 0.25) is 0 Å². The second-order valence-electron chi connectivity index (χ2n) is 0.646. The highest BCUT2D eigenvalue weighted by Crippen LogP contribution is 1.82. The van der Waals surface area contributed by atoms with Crippen molar-refractivity contribution in [2.45, 2.75) is 0 Å². The maximum atomic E-state index is 9.95. The first-order chi connectivity index (χ1) is 3.31. The van der Waals surface area contributed by atoms with E-state index in [1.165, 1.54) is 0 Å². The van der Waals surface area contributed by atoms with E-state index in [9.17, 15) is 8.99 Å². The molecule has 0 saturated carbocycles. The van der Waals surface area contributed by atoms with E-state index in [1.807, 2.05) is 0 Å². The zero-order valence-corrected chi connectivity index (χ0v) is 6.36. The Morgan fingerprint density at radius 2 is 2.57 bits per heavy atom. The predicted molar refractivity (Wildman–Crippen MR) is 19.9 cm³/mol. The third-order valence-electron chi connectivity index (χ3n) is 0.227. The lowest BCUT2D eigenvalue weighted by molar-refractivity contribution is -1.26. The summed E-state index contributed by atoms with van der Waals surface area (Å²) in [5, 5.41) is 0.100. The number of carbonyl (C=O) groups is 1. The molecule has 0 heterocycles. The zero-order chi connectivity index (χ0) is 5.70. The van der Waals surface area contributed by atoms with Crippen molar-refractivity contribution in [3.05, 3.63) is 0 Å². The molecule has 0 fully saturated rings. The number of rotatable bonds is 2. The summed E-state index contributed by atoms with van der Waals surface area (Å²) in [6.07, 6.45) is 0. The van der Waals surface area contributed by atoms with Gasteiger partial charge in [0.15, 0.2) is 0 Å². The number of carbonyl (C=O) groups excluding carboxylic acids is 1. The van der Waals surface area contributed by atoms with E-state index in [0.29, 0.717) is 0 Å². The molecule has 0 aromatic rings. The summed E-state index contributed by atoms with van der Waals surface area (Å²) in [6.45, 7) is 0. The lowest BCUT2D eigenvalue weighted by Gasteiger charge is -1.79. The maximum absolute atomic E-state index is 9.95. The summed E-state index contributed by atoms with van der Waals surface area (Å²) in [4.78, 5) is 9.95. The van der Waals surface area contributed by atoms with Gasteiger partial charge in [-0.3, -0.25) is 0 Å². The van der Waals surface area contributed by atoms with E-state index < -0.39 is 21.5 Å². The Bertz CT molecular complexity index is 64.0. The zero-order valence-electron chi connectivity index (χ0n) is 3.19. The normalized spacial score (nSPS) is 8.29. The van der Waals surface area contributed by atoms with Crippen LogP contribution in [0.4, 0.5) is 0 Å². The van der Waals surface area contributed by atoms with Crippen LogP contribution in [0.15, 0.2) is 0 Å². The Balaban J connectivity index is 3.00. The van der Waals surface area contributed by atoms with Gasteiger partial charge in [-0.15, -0.1) is 0 Å². The molecule has 0 radical (unpaired) electrons. The van der Waals surface area contributed by atoms with Gasteiger partial charge in [-0.25, -0.2) is 8.62 Å². The maximum Gasteiger partial charge on any atom is 0.484 e. The average molecular weight is 234 g/mol. The second-order valence-corrected chi connectivity index (χ2v) is 1.79. The summed E-state index contributed by atoms with van der Waals surface area (Å²) in [5.74, 6) is -0.505. The van der Waals surface area contributed by atoms with E-state index in [1.54, 1.807) is 0 Å². The van der Waals surface area contributed by atoms with Gasteiger partial charge in [0.1, 0.15) is 5.33 Å². The molecule has 0 aliphatic heterocycles. The van der Waals surface area contributed by atoms with Gasteiger partial charge in [0.25, 0.3) is 0 Å². The molecule has 0 atom stereocenters. The first-order valence-electron chi connectivity index (χ1n) is 1.34. The van der Waals surface area contributed by atoms with Crippen molar-refractivity contribution in [3.63, 3.8) is 0 Å². The van der Waals surface area contributed by atoms with Gasteiger partial charge in [0.05, 0.1) is 0 Å². The molecule has 0 aromatic carbocycles. The summed E-state index contributed by atoms with van der Waals surface area (Å²) in [5.41, 5.74) is 0. The summed E-state index contributed by atoms with van der Waals surface area (Å²) in [6, 6.07) is 0. The Kier molecular flexibility index (Phi) is 4.80. The average Bonchev–Trinajstić information content (AvgIpc) is 1.68. The molecular weight excluding hydrogens is 232 g/mol. The minimum Gasteiger partial charge on any atom is -0.541 e. The fraction of sp³-hybridized carbons (Fsp3) is 0.500. The van der Waals surface area contributed by atoms with Gasteiger partial charge in [-0.05, 0) is 0 Å². The molecule has 0 amide bonds. The highest BCUT2D eigenvalue weighted by molar-refractivity contribution is 9.09. The SMILES string of the molecule is O=C(CBr)O[Br+][O-]. The van der Waals surface area contributed by atoms with Crippen molar-refractivity contribution in [3.8, 4) is 0 Å². The summed E-state index contributed by atoms with van der Waals surface area (Å²) >= 11 is 1.80. The molecule has 0 N–H and O–H groups in total. The van der Waals surface area contributed by atoms with Crippen LogP contribution in [0.3, 0.4) is 0 Å². The van der Waals surface area contributed by atoms with Gasteiger partial charge in [-0.2, -0.15) is 0 Å². The number of alkyl halides is 1. The van der Waals surface area contributed by atoms with E-state index in [0.717, 1.165) is 0 Å². The van der Waals surface area contributed by atoms with Crippen LogP contribution in [-0.2, 0) is 8.62 Å². The molecule has 0 aromatic heterocycles. The largest absolute Gasteiger partial charge is 0.541 e. The molecule has 0 bridgehead atoms. The number of hydrogen-bond donors (Lipinski definition) is 0. The van der Waals surface area contributed by atoms with Crippen molar-refractivity contribution in [2.24, 2.45) is 0 Å². The van der Waals surface area contributed by atoms with Crippen molar-refractivity contribution >= 4 is 21.9 Å². The molecule has 5 heteroatoms.